The number of anilines is 1. The lowest BCUT2D eigenvalue weighted by molar-refractivity contribution is -0.274. The quantitative estimate of drug-likeness (QED) is 0.300. The number of ether oxygens (including phenoxy) is 2. The van der Waals surface area contributed by atoms with Crippen LogP contribution in [-0.2, 0) is 11.2 Å². The van der Waals surface area contributed by atoms with E-state index >= 15 is 0 Å². The standard InChI is InChI=1S/C27H23F3N2O5/c28-27(29,30)37-23-9-2-5-18(12-23)24-11-10-17-4-1-6-19(26(17)32-24)13-25(35)31-20-7-3-8-22(14-20)36-16-21(34)15-33/h1-12,14,21,33-34H,13,15-16H2,(H,31,35). The fraction of sp³-hybridized carbons (Fsp3) is 0.185. The molecule has 0 aliphatic heterocycles. The van der Waals surface area contributed by atoms with Gasteiger partial charge in [-0.3, -0.25) is 4.79 Å². The molecule has 4 rings (SSSR count). The van der Waals surface area contributed by atoms with Crippen LogP contribution in [0.1, 0.15) is 5.56 Å². The Kier molecular flexibility index (Phi) is 7.90. The van der Waals surface area contributed by atoms with Crippen LogP contribution in [0.25, 0.3) is 22.2 Å². The predicted octanol–water partition coefficient (Wildman–Crippen LogP) is 4.71. The lowest BCUT2D eigenvalue weighted by Crippen LogP contribution is -2.21. The van der Waals surface area contributed by atoms with Gasteiger partial charge in [-0.25, -0.2) is 4.98 Å². The van der Waals surface area contributed by atoms with Crippen LogP contribution < -0.4 is 14.8 Å². The van der Waals surface area contributed by atoms with Crippen LogP contribution in [0.4, 0.5) is 18.9 Å². The number of carbonyl (C=O) groups is 1. The number of rotatable bonds is 9. The van der Waals surface area contributed by atoms with Crippen LogP contribution in [-0.4, -0.2) is 46.8 Å². The molecule has 0 saturated heterocycles. The van der Waals surface area contributed by atoms with Crippen molar-refractivity contribution in [1.82, 2.24) is 4.98 Å². The molecule has 0 spiro atoms. The normalized spacial score (nSPS) is 12.2. The minimum atomic E-state index is -4.80. The SMILES string of the molecule is O=C(Cc1cccc2ccc(-c3cccc(OC(F)(F)F)c3)nc12)Nc1cccc(OCC(O)CO)c1. The zero-order chi connectivity index (χ0) is 26.4. The molecule has 0 fully saturated rings. The molecule has 1 atom stereocenters. The van der Waals surface area contributed by atoms with Gasteiger partial charge in [0.05, 0.1) is 24.2 Å². The number of hydrogen-bond acceptors (Lipinski definition) is 6. The number of aliphatic hydroxyl groups is 2. The predicted molar refractivity (Wildman–Crippen MR) is 131 cm³/mol. The maximum Gasteiger partial charge on any atom is 0.573 e. The summed E-state index contributed by atoms with van der Waals surface area (Å²) in [5, 5.41) is 21.9. The van der Waals surface area contributed by atoms with Gasteiger partial charge in [0, 0.05) is 22.7 Å². The summed E-state index contributed by atoms with van der Waals surface area (Å²) in [7, 11) is 0. The van der Waals surface area contributed by atoms with Crippen molar-refractivity contribution in [3.05, 3.63) is 84.4 Å². The van der Waals surface area contributed by atoms with Gasteiger partial charge in [-0.2, -0.15) is 0 Å². The molecule has 1 aromatic heterocycles. The summed E-state index contributed by atoms with van der Waals surface area (Å²) in [4.78, 5) is 17.4. The number of nitrogens with zero attached hydrogens (tertiary/aromatic N) is 1. The third kappa shape index (κ3) is 7.18. The largest absolute Gasteiger partial charge is 0.573 e. The number of para-hydroxylation sites is 1. The minimum absolute atomic E-state index is 0.000666. The van der Waals surface area contributed by atoms with Crippen molar-refractivity contribution in [2.24, 2.45) is 0 Å². The fourth-order valence-corrected chi connectivity index (χ4v) is 3.65. The molecule has 3 N–H and O–H groups in total. The molecule has 10 heteroatoms. The second kappa shape index (κ2) is 11.3. The Balaban J connectivity index is 1.52. The van der Waals surface area contributed by atoms with E-state index < -0.39 is 19.1 Å². The molecule has 0 bridgehead atoms. The van der Waals surface area contributed by atoms with Crippen LogP contribution in [0, 0.1) is 0 Å². The summed E-state index contributed by atoms with van der Waals surface area (Å²) < 4.78 is 47.3. The van der Waals surface area contributed by atoms with Crippen LogP contribution >= 0.6 is 0 Å². The zero-order valence-corrected chi connectivity index (χ0v) is 19.4. The number of aliphatic hydroxyl groups excluding tert-OH is 2. The first-order chi connectivity index (χ1) is 17.7. The molecule has 0 aliphatic rings. The smallest absolute Gasteiger partial charge is 0.491 e. The number of carbonyl (C=O) groups excluding carboxylic acids is 1. The molecule has 3 aromatic carbocycles. The monoisotopic (exact) mass is 512 g/mol. The summed E-state index contributed by atoms with van der Waals surface area (Å²) in [5.74, 6) is -0.247. The number of nitrogens with one attached hydrogen (secondary N) is 1. The number of aromatic nitrogens is 1. The molecule has 192 valence electrons. The second-order valence-corrected chi connectivity index (χ2v) is 8.16. The van der Waals surface area contributed by atoms with E-state index in [1.807, 2.05) is 6.07 Å². The number of fused-ring (bicyclic) bond motifs is 1. The van der Waals surface area contributed by atoms with Crippen molar-refractivity contribution >= 4 is 22.5 Å². The summed E-state index contributed by atoms with van der Waals surface area (Å²) in [6, 6.07) is 21.0. The van der Waals surface area contributed by atoms with Crippen LogP contribution in [0.3, 0.4) is 0 Å². The molecular formula is C27H23F3N2O5. The number of pyridine rings is 1. The molecular weight excluding hydrogens is 489 g/mol. The highest BCUT2D eigenvalue weighted by molar-refractivity contribution is 5.95. The van der Waals surface area contributed by atoms with Crippen molar-refractivity contribution in [2.75, 3.05) is 18.5 Å². The van der Waals surface area contributed by atoms with E-state index in [0.717, 1.165) is 5.39 Å². The van der Waals surface area contributed by atoms with Crippen molar-refractivity contribution in [1.29, 1.82) is 0 Å². The third-order valence-corrected chi connectivity index (χ3v) is 5.29. The maximum absolute atomic E-state index is 12.8. The lowest BCUT2D eigenvalue weighted by atomic mass is 10.0. The Bertz CT molecular complexity index is 1390. The van der Waals surface area contributed by atoms with Crippen LogP contribution in [0.15, 0.2) is 78.9 Å². The molecule has 1 amide bonds. The van der Waals surface area contributed by atoms with Crippen molar-refractivity contribution < 1.29 is 37.7 Å². The van der Waals surface area contributed by atoms with E-state index in [4.69, 9.17) is 9.84 Å². The summed E-state index contributed by atoms with van der Waals surface area (Å²) in [6.45, 7) is -0.521. The van der Waals surface area contributed by atoms with Gasteiger partial charge in [-0.15, -0.1) is 13.2 Å². The molecule has 37 heavy (non-hydrogen) atoms. The average molecular weight is 512 g/mol. The highest BCUT2D eigenvalue weighted by Gasteiger charge is 2.31. The topological polar surface area (TPSA) is 101 Å². The van der Waals surface area contributed by atoms with E-state index in [1.165, 1.54) is 18.2 Å². The molecule has 1 heterocycles. The fourth-order valence-electron chi connectivity index (χ4n) is 3.65. The van der Waals surface area contributed by atoms with Gasteiger partial charge in [-0.1, -0.05) is 42.5 Å². The zero-order valence-electron chi connectivity index (χ0n) is 19.4. The van der Waals surface area contributed by atoms with E-state index in [0.29, 0.717) is 33.8 Å². The number of amides is 1. The molecule has 4 aromatic rings. The first kappa shape index (κ1) is 25.9. The lowest BCUT2D eigenvalue weighted by Gasteiger charge is -2.12. The van der Waals surface area contributed by atoms with E-state index in [1.54, 1.807) is 54.6 Å². The molecule has 0 aliphatic carbocycles. The minimum Gasteiger partial charge on any atom is -0.491 e. The Morgan fingerprint density at radius 3 is 2.51 bits per heavy atom. The van der Waals surface area contributed by atoms with Gasteiger partial charge >= 0.3 is 6.36 Å². The van der Waals surface area contributed by atoms with Gasteiger partial charge in [0.15, 0.2) is 0 Å². The number of alkyl halides is 3. The first-order valence-electron chi connectivity index (χ1n) is 11.3. The molecule has 0 saturated carbocycles. The molecule has 0 radical (unpaired) electrons. The molecule has 7 nitrogen and oxygen atoms in total. The van der Waals surface area contributed by atoms with Gasteiger partial charge in [0.25, 0.3) is 0 Å². The Morgan fingerprint density at radius 2 is 1.73 bits per heavy atom. The summed E-state index contributed by atoms with van der Waals surface area (Å²) >= 11 is 0. The van der Waals surface area contributed by atoms with Gasteiger partial charge < -0.3 is 25.0 Å². The van der Waals surface area contributed by atoms with Crippen molar-refractivity contribution in [3.63, 3.8) is 0 Å². The van der Waals surface area contributed by atoms with E-state index in [-0.39, 0.29) is 24.7 Å². The third-order valence-electron chi connectivity index (χ3n) is 5.29. The maximum atomic E-state index is 12.8. The number of halogens is 3. The van der Waals surface area contributed by atoms with Crippen molar-refractivity contribution in [3.8, 4) is 22.8 Å². The van der Waals surface area contributed by atoms with Gasteiger partial charge in [0.1, 0.15) is 24.2 Å². The number of hydrogen-bond donors (Lipinski definition) is 3. The van der Waals surface area contributed by atoms with E-state index in [9.17, 15) is 23.1 Å². The Morgan fingerprint density at radius 1 is 0.973 bits per heavy atom. The Hall–Kier alpha value is -4.15. The highest BCUT2D eigenvalue weighted by Crippen LogP contribution is 2.29. The molecule has 1 unspecified atom stereocenters. The van der Waals surface area contributed by atoms with Gasteiger partial charge in [0.2, 0.25) is 5.91 Å². The Labute approximate surface area is 210 Å². The number of benzene rings is 3. The average Bonchev–Trinajstić information content (AvgIpc) is 2.86. The second-order valence-electron chi connectivity index (χ2n) is 8.16. The van der Waals surface area contributed by atoms with E-state index in [2.05, 4.69) is 15.0 Å². The summed E-state index contributed by atoms with van der Waals surface area (Å²) in [6.07, 6.45) is -5.82. The highest BCUT2D eigenvalue weighted by atomic mass is 19.4. The first-order valence-corrected chi connectivity index (χ1v) is 11.3. The van der Waals surface area contributed by atoms with Crippen LogP contribution in [0.5, 0.6) is 11.5 Å². The van der Waals surface area contributed by atoms with Crippen molar-refractivity contribution in [2.45, 2.75) is 18.9 Å². The van der Waals surface area contributed by atoms with Gasteiger partial charge in [-0.05, 0) is 35.9 Å². The van der Waals surface area contributed by atoms with Crippen LogP contribution in [0.2, 0.25) is 0 Å². The summed E-state index contributed by atoms with van der Waals surface area (Å²) in [5.41, 5.74) is 2.54.